The Kier molecular flexibility index (Phi) is 23.7. The summed E-state index contributed by atoms with van der Waals surface area (Å²) < 4.78 is 10.0. The maximum Gasteiger partial charge on any atom is 2.00 e. The van der Waals surface area contributed by atoms with Crippen molar-refractivity contribution in [2.75, 3.05) is 52.6 Å². The summed E-state index contributed by atoms with van der Waals surface area (Å²) in [4.78, 5) is 11.4. The molecule has 7 nitrogen and oxygen atoms in total. The van der Waals surface area contributed by atoms with E-state index in [2.05, 4.69) is 10.6 Å². The second-order valence-corrected chi connectivity index (χ2v) is 8.10. The number of halogens is 1. The summed E-state index contributed by atoms with van der Waals surface area (Å²) in [6.45, 7) is 18.5. The van der Waals surface area contributed by atoms with Crippen LogP contribution in [-0.4, -0.2) is 63.9 Å². The Bertz CT molecular complexity index is 367. The molecule has 9 heteroatoms. The van der Waals surface area contributed by atoms with Crippen LogP contribution in [0.4, 0.5) is 0 Å². The van der Waals surface area contributed by atoms with E-state index >= 15 is 0 Å². The van der Waals surface area contributed by atoms with Crippen molar-refractivity contribution >= 4 is 5.78 Å². The van der Waals surface area contributed by atoms with Gasteiger partial charge in [-0.05, 0) is 11.5 Å². The monoisotopic (exact) mass is 473 g/mol. The average Bonchev–Trinajstić information content (AvgIpc) is 2.57. The van der Waals surface area contributed by atoms with Gasteiger partial charge in [-0.25, -0.2) is 0 Å². The number of allylic oxidation sites excluding steroid dienone is 2. The fraction of sp³-hybridized carbons (Fsp3) is 0.842. The summed E-state index contributed by atoms with van der Waals surface area (Å²) in [7, 11) is 0. The first-order valence-corrected chi connectivity index (χ1v) is 9.05. The van der Waals surface area contributed by atoms with Crippen molar-refractivity contribution in [1.82, 2.24) is 10.6 Å². The minimum Gasteiger partial charge on any atom is -1.00 e. The van der Waals surface area contributed by atoms with Gasteiger partial charge >= 0.3 is 17.1 Å². The van der Waals surface area contributed by atoms with Gasteiger partial charge in [-0.3, -0.25) is 4.79 Å². The molecule has 1 radical (unpaired) electrons. The number of carbonyl (C=O) groups excluding carboxylic acids is 1. The van der Waals surface area contributed by atoms with Crippen molar-refractivity contribution in [3.63, 3.8) is 0 Å². The Balaban J connectivity index is -0.000000161. The van der Waals surface area contributed by atoms with Crippen molar-refractivity contribution in [1.29, 1.82) is 0 Å². The van der Waals surface area contributed by atoms with Gasteiger partial charge in [0, 0.05) is 31.6 Å². The maximum absolute atomic E-state index is 11.4. The zero-order chi connectivity index (χ0) is 19.3. The molecular weight excluding hydrogens is 435 g/mol. The number of carbonyl (C=O) groups is 1. The third kappa shape index (κ3) is 20.6. The fourth-order valence-electron chi connectivity index (χ4n) is 1.58. The molecule has 0 aromatic rings. The number of hydrogen-bond acceptors (Lipinski definition) is 6. The van der Waals surface area contributed by atoms with Crippen LogP contribution in [0.3, 0.4) is 0 Å². The van der Waals surface area contributed by atoms with Gasteiger partial charge < -0.3 is 43.1 Å². The van der Waals surface area contributed by atoms with Crippen LogP contribution in [0, 0.1) is 10.8 Å². The van der Waals surface area contributed by atoms with Gasteiger partial charge in [-0.1, -0.05) is 41.5 Å². The molecule has 0 atom stereocenters. The van der Waals surface area contributed by atoms with E-state index in [1.54, 1.807) is 0 Å². The number of rotatable bonds is 1. The van der Waals surface area contributed by atoms with Crippen molar-refractivity contribution in [3.05, 3.63) is 11.8 Å². The topological polar surface area (TPSA) is 114 Å². The predicted octanol–water partition coefficient (Wildman–Crippen LogP) is -2.72. The predicted molar refractivity (Wildman–Crippen MR) is 103 cm³/mol. The van der Waals surface area contributed by atoms with Crippen molar-refractivity contribution in [3.8, 4) is 0 Å². The summed E-state index contributed by atoms with van der Waals surface area (Å²) in [6, 6.07) is 0. The standard InChI is InChI=1S/C11H20O2.2C4H9NO.ClH.Cu.H2O/c1-10(2,3)8(12)7-9(13)11(4,5)6;2*1-3-6-4-2-5-1;;;/h7,12H,1-6H3;2*5H,1-4H2;1H;;1H2/q;;;;+2;/p-2/b8-7-;;;;;. The third-order valence-electron chi connectivity index (χ3n) is 3.43. The molecule has 0 spiro atoms. The zero-order valence-corrected chi connectivity index (χ0v) is 19.7. The molecule has 0 saturated carbocycles. The van der Waals surface area contributed by atoms with Gasteiger partial charge in [0.25, 0.3) is 0 Å². The molecule has 0 amide bonds. The van der Waals surface area contributed by atoms with Gasteiger partial charge in [0.2, 0.25) is 0 Å². The molecule has 2 aliphatic rings. The van der Waals surface area contributed by atoms with Crippen LogP contribution in [0.5, 0.6) is 0 Å². The van der Waals surface area contributed by atoms with E-state index in [1.165, 1.54) is 6.08 Å². The fourth-order valence-corrected chi connectivity index (χ4v) is 1.58. The van der Waals surface area contributed by atoms with E-state index in [1.807, 2.05) is 41.5 Å². The molecule has 2 heterocycles. The molecule has 0 aromatic carbocycles. The smallest absolute Gasteiger partial charge is 1.00 e. The van der Waals surface area contributed by atoms with Crippen molar-refractivity contribution in [2.45, 2.75) is 41.5 Å². The summed E-state index contributed by atoms with van der Waals surface area (Å²) in [5, 5.41) is 17.8. The number of hydrogen-bond donors (Lipinski definition) is 2. The molecule has 2 saturated heterocycles. The minimum absolute atomic E-state index is 0. The van der Waals surface area contributed by atoms with Crippen molar-refractivity contribution in [2.24, 2.45) is 10.8 Å². The largest absolute Gasteiger partial charge is 2.00 e. The Morgan fingerprint density at radius 2 is 1.14 bits per heavy atom. The molecule has 2 fully saturated rings. The molecule has 4 N–H and O–H groups in total. The van der Waals surface area contributed by atoms with E-state index in [0.717, 1.165) is 52.6 Å². The first-order chi connectivity index (χ1) is 11.5. The minimum atomic E-state index is -0.457. The maximum atomic E-state index is 11.4. The van der Waals surface area contributed by atoms with Gasteiger partial charge in [-0.2, -0.15) is 0 Å². The summed E-state index contributed by atoms with van der Waals surface area (Å²) in [6.07, 6.45) is 1.22. The van der Waals surface area contributed by atoms with Crippen LogP contribution < -0.4 is 28.1 Å². The number of nitrogens with one attached hydrogen (secondary N) is 2. The van der Waals surface area contributed by atoms with Crippen LogP contribution in [0.1, 0.15) is 41.5 Å². The van der Waals surface area contributed by atoms with Crippen LogP contribution in [-0.2, 0) is 31.3 Å². The summed E-state index contributed by atoms with van der Waals surface area (Å²) in [5.41, 5.74) is -0.915. The number of ketones is 1. The second kappa shape index (κ2) is 18.8. The third-order valence-corrected chi connectivity index (χ3v) is 3.43. The first kappa shape index (κ1) is 35.3. The molecule has 0 unspecified atom stereocenters. The average molecular weight is 475 g/mol. The molecule has 0 bridgehead atoms. The molecule has 2 rings (SSSR count). The normalized spacial score (nSPS) is 17.0. The number of ether oxygens (including phenoxy) is 2. The first-order valence-electron chi connectivity index (χ1n) is 9.05. The van der Waals surface area contributed by atoms with Crippen LogP contribution in [0.15, 0.2) is 11.8 Å². The Labute approximate surface area is 187 Å². The molecular formula is C19H39ClCuN2O5. The Morgan fingerprint density at radius 1 is 0.821 bits per heavy atom. The van der Waals surface area contributed by atoms with Crippen LogP contribution >= 0.6 is 0 Å². The molecule has 28 heavy (non-hydrogen) atoms. The molecule has 0 aliphatic carbocycles. The van der Waals surface area contributed by atoms with Gasteiger partial charge in [0.05, 0.1) is 26.4 Å². The van der Waals surface area contributed by atoms with E-state index in [0.29, 0.717) is 0 Å². The van der Waals surface area contributed by atoms with Gasteiger partial charge in [0.1, 0.15) is 0 Å². The van der Waals surface area contributed by atoms with E-state index in [-0.39, 0.29) is 46.5 Å². The van der Waals surface area contributed by atoms with Crippen LogP contribution in [0.2, 0.25) is 0 Å². The zero-order valence-electron chi connectivity index (χ0n) is 18.0. The van der Waals surface area contributed by atoms with E-state index in [9.17, 15) is 9.90 Å². The Morgan fingerprint density at radius 3 is 1.29 bits per heavy atom. The van der Waals surface area contributed by atoms with Crippen LogP contribution in [0.25, 0.3) is 0 Å². The van der Waals surface area contributed by atoms with E-state index < -0.39 is 10.8 Å². The van der Waals surface area contributed by atoms with Gasteiger partial charge in [0.15, 0.2) is 5.78 Å². The van der Waals surface area contributed by atoms with Gasteiger partial charge in [-0.15, -0.1) is 5.76 Å². The van der Waals surface area contributed by atoms with E-state index in [4.69, 9.17) is 9.47 Å². The SMILES string of the molecule is C1COCCN1.C1COCCN1.CC(C)(C)C(=O)/C=C(\[O-])C(C)(C)C.O.[Cl-].[Cu+2]. The number of morpholine rings is 2. The summed E-state index contributed by atoms with van der Waals surface area (Å²) >= 11 is 0. The Hall–Kier alpha value is -0.181. The van der Waals surface area contributed by atoms with Crippen molar-refractivity contribution < 1.29 is 54.3 Å². The molecule has 0 aromatic heterocycles. The summed E-state index contributed by atoms with van der Waals surface area (Å²) in [5.74, 6) is -0.208. The quantitative estimate of drug-likeness (QED) is 0.243. The molecule has 173 valence electrons. The second-order valence-electron chi connectivity index (χ2n) is 8.10. The molecule has 2 aliphatic heterocycles.